The van der Waals surface area contributed by atoms with E-state index in [9.17, 15) is 19.7 Å². The van der Waals surface area contributed by atoms with E-state index in [1.165, 1.54) is 37.1 Å². The van der Waals surface area contributed by atoms with Crippen molar-refractivity contribution in [3.05, 3.63) is 56.8 Å². The van der Waals surface area contributed by atoms with Crippen LogP contribution in [0.1, 0.15) is 19.4 Å². The summed E-state index contributed by atoms with van der Waals surface area (Å²) in [6.45, 7) is 3.95. The number of rotatable bonds is 8. The third kappa shape index (κ3) is 5.57. The van der Waals surface area contributed by atoms with Gasteiger partial charge in [-0.1, -0.05) is 12.1 Å². The van der Waals surface area contributed by atoms with Crippen LogP contribution in [0.5, 0.6) is 0 Å². The Balaban J connectivity index is 0.00000480. The first-order valence-electron chi connectivity index (χ1n) is 9.28. The zero-order valence-corrected chi connectivity index (χ0v) is 19.4. The molecule has 1 unspecified atom stereocenters. The average Bonchev–Trinajstić information content (AvgIpc) is 2.73. The number of carbonyl (C=O) groups excluding carboxylic acids is 2. The Bertz CT molecular complexity index is 918. The van der Waals surface area contributed by atoms with Gasteiger partial charge in [-0.3, -0.25) is 10.1 Å². The summed E-state index contributed by atoms with van der Waals surface area (Å²) in [7, 11) is 3.00. The minimum absolute atomic E-state index is 0. The summed E-state index contributed by atoms with van der Waals surface area (Å²) in [5.74, 6) is -0.694. The molecule has 0 aliphatic carbocycles. The highest BCUT2D eigenvalue weighted by atomic mass is 35.5. The molecular formula is C20H26ClN3O6S. The first-order chi connectivity index (χ1) is 14.3. The van der Waals surface area contributed by atoms with E-state index in [4.69, 9.17) is 15.2 Å². The minimum atomic E-state index is -0.648. The molecule has 0 bridgehead atoms. The zero-order valence-electron chi connectivity index (χ0n) is 17.7. The number of methoxy groups -OCH3 is 1. The van der Waals surface area contributed by atoms with E-state index in [1.54, 1.807) is 31.9 Å². The third-order valence-corrected chi connectivity index (χ3v) is 5.97. The lowest BCUT2D eigenvalue weighted by Gasteiger charge is -2.38. The summed E-state index contributed by atoms with van der Waals surface area (Å²) in [5, 5.41) is 10.8. The maximum Gasteiger partial charge on any atom is 0.340 e. The van der Waals surface area contributed by atoms with Gasteiger partial charge in [0.25, 0.3) is 5.69 Å². The van der Waals surface area contributed by atoms with Crippen LogP contribution in [0.15, 0.2) is 41.1 Å². The molecule has 1 aromatic rings. The number of allylic oxidation sites excluding steroid dienone is 1. The van der Waals surface area contributed by atoms with Crippen LogP contribution >= 0.6 is 24.2 Å². The van der Waals surface area contributed by atoms with Crippen LogP contribution in [-0.4, -0.2) is 60.2 Å². The first-order valence-corrected chi connectivity index (χ1v) is 10.3. The summed E-state index contributed by atoms with van der Waals surface area (Å²) in [5.41, 5.74) is 7.11. The second kappa shape index (κ2) is 11.7. The second-order valence-electron chi connectivity index (χ2n) is 6.39. The standard InChI is InChI=1S/C20H25N3O6S.ClH/c1-5-29-20(25)17-16(13-7-6-8-14(11-13)23(26)27)15(19(24)28-4)12(2)22(3)18(17)30-10-9-21;/h6-8,11,18H,5,9-10,21H2,1-4H3;1H. The van der Waals surface area contributed by atoms with Crippen molar-refractivity contribution in [3.63, 3.8) is 0 Å². The van der Waals surface area contributed by atoms with Crippen molar-refractivity contribution in [2.24, 2.45) is 5.73 Å². The molecule has 31 heavy (non-hydrogen) atoms. The number of nitrogens with two attached hydrogens (primary N) is 1. The van der Waals surface area contributed by atoms with E-state index >= 15 is 0 Å². The number of nitro groups is 1. The predicted molar refractivity (Wildman–Crippen MR) is 122 cm³/mol. The second-order valence-corrected chi connectivity index (χ2v) is 7.58. The number of likely N-dealkylation sites (N-methyl/N-ethyl adjacent to an activating group) is 1. The van der Waals surface area contributed by atoms with Gasteiger partial charge in [0.1, 0.15) is 5.37 Å². The summed E-state index contributed by atoms with van der Waals surface area (Å²) in [4.78, 5) is 38.3. The monoisotopic (exact) mass is 471 g/mol. The number of non-ortho nitro benzene ring substituents is 1. The van der Waals surface area contributed by atoms with Crippen molar-refractivity contribution in [1.82, 2.24) is 4.90 Å². The summed E-state index contributed by atoms with van der Waals surface area (Å²) < 4.78 is 10.3. The van der Waals surface area contributed by atoms with E-state index in [-0.39, 0.29) is 41.4 Å². The molecule has 2 N–H and O–H groups in total. The number of benzene rings is 1. The smallest absolute Gasteiger partial charge is 0.340 e. The molecule has 1 atom stereocenters. The number of thioether (sulfide) groups is 1. The zero-order chi connectivity index (χ0) is 22.4. The molecule has 1 aliphatic rings. The van der Waals surface area contributed by atoms with Gasteiger partial charge in [0.15, 0.2) is 0 Å². The number of nitro benzene ring substituents is 1. The van der Waals surface area contributed by atoms with Crippen molar-refractivity contribution in [3.8, 4) is 0 Å². The van der Waals surface area contributed by atoms with Crippen LogP contribution in [0.3, 0.4) is 0 Å². The van der Waals surface area contributed by atoms with Crippen LogP contribution in [0, 0.1) is 10.1 Å². The van der Waals surface area contributed by atoms with E-state index in [2.05, 4.69) is 0 Å². The van der Waals surface area contributed by atoms with Crippen LogP contribution in [-0.2, 0) is 19.1 Å². The van der Waals surface area contributed by atoms with Gasteiger partial charge in [-0.15, -0.1) is 24.2 Å². The summed E-state index contributed by atoms with van der Waals surface area (Å²) in [6, 6.07) is 5.81. The Morgan fingerprint density at radius 1 is 1.32 bits per heavy atom. The molecule has 0 radical (unpaired) electrons. The SMILES string of the molecule is CCOC(=O)C1=C(c2cccc([N+](=O)[O-])c2)C(C(=O)OC)=C(C)N(C)C1SCCN.Cl. The van der Waals surface area contributed by atoms with E-state index in [1.807, 2.05) is 0 Å². The lowest BCUT2D eigenvalue weighted by molar-refractivity contribution is -0.384. The Morgan fingerprint density at radius 2 is 2.00 bits per heavy atom. The van der Waals surface area contributed by atoms with Gasteiger partial charge in [0.05, 0.1) is 29.8 Å². The van der Waals surface area contributed by atoms with Gasteiger partial charge in [-0.2, -0.15) is 0 Å². The highest BCUT2D eigenvalue weighted by Gasteiger charge is 2.39. The molecule has 170 valence electrons. The molecular weight excluding hydrogens is 446 g/mol. The number of ether oxygens (including phenoxy) is 2. The van der Waals surface area contributed by atoms with Gasteiger partial charge in [0, 0.05) is 42.7 Å². The molecule has 0 spiro atoms. The van der Waals surface area contributed by atoms with Gasteiger partial charge in [-0.25, -0.2) is 9.59 Å². The normalized spacial score (nSPS) is 16.0. The molecule has 0 saturated carbocycles. The van der Waals surface area contributed by atoms with E-state index in [0.717, 1.165) is 0 Å². The van der Waals surface area contributed by atoms with E-state index < -0.39 is 22.2 Å². The number of esters is 2. The maximum absolute atomic E-state index is 13.0. The number of halogens is 1. The number of hydrogen-bond donors (Lipinski definition) is 1. The van der Waals surface area contributed by atoms with Crippen LogP contribution < -0.4 is 5.73 Å². The molecule has 0 fully saturated rings. The molecule has 11 heteroatoms. The molecule has 1 aromatic carbocycles. The summed E-state index contributed by atoms with van der Waals surface area (Å²) >= 11 is 1.42. The number of hydrogen-bond acceptors (Lipinski definition) is 9. The lowest BCUT2D eigenvalue weighted by Crippen LogP contribution is -2.39. The number of nitrogens with zero attached hydrogens (tertiary/aromatic N) is 2. The molecule has 0 amide bonds. The lowest BCUT2D eigenvalue weighted by atomic mass is 9.88. The van der Waals surface area contributed by atoms with Crippen molar-refractivity contribution in [2.75, 3.05) is 33.1 Å². The van der Waals surface area contributed by atoms with Gasteiger partial charge >= 0.3 is 11.9 Å². The first kappa shape index (κ1) is 26.5. The Kier molecular flexibility index (Phi) is 10.0. The van der Waals surface area contributed by atoms with Gasteiger partial charge in [-0.05, 0) is 19.4 Å². The molecule has 0 aromatic heterocycles. The fourth-order valence-corrected chi connectivity index (χ4v) is 4.32. The largest absolute Gasteiger partial charge is 0.465 e. The molecule has 1 heterocycles. The highest BCUT2D eigenvalue weighted by molar-refractivity contribution is 8.00. The van der Waals surface area contributed by atoms with Crippen molar-refractivity contribution < 1.29 is 24.0 Å². The third-order valence-electron chi connectivity index (χ3n) is 4.63. The molecule has 0 saturated heterocycles. The Labute approximate surface area is 191 Å². The average molecular weight is 472 g/mol. The van der Waals surface area contributed by atoms with Gasteiger partial charge < -0.3 is 20.1 Å². The Hall–Kier alpha value is -2.56. The van der Waals surface area contributed by atoms with Gasteiger partial charge in [0.2, 0.25) is 0 Å². The molecule has 9 nitrogen and oxygen atoms in total. The molecule has 1 aliphatic heterocycles. The van der Waals surface area contributed by atoms with Crippen LogP contribution in [0.2, 0.25) is 0 Å². The van der Waals surface area contributed by atoms with Crippen molar-refractivity contribution in [1.29, 1.82) is 0 Å². The fraction of sp³-hybridized carbons (Fsp3) is 0.400. The summed E-state index contributed by atoms with van der Waals surface area (Å²) in [6.07, 6.45) is 0. The quantitative estimate of drug-likeness (QED) is 0.346. The topological polar surface area (TPSA) is 125 Å². The highest BCUT2D eigenvalue weighted by Crippen LogP contribution is 2.42. The van der Waals surface area contributed by atoms with Crippen molar-refractivity contribution >= 4 is 47.4 Å². The number of carbonyl (C=O) groups is 2. The Morgan fingerprint density at radius 3 is 2.55 bits per heavy atom. The predicted octanol–water partition coefficient (Wildman–Crippen LogP) is 2.74. The van der Waals surface area contributed by atoms with Crippen molar-refractivity contribution in [2.45, 2.75) is 19.2 Å². The maximum atomic E-state index is 13.0. The minimum Gasteiger partial charge on any atom is -0.465 e. The molecule has 2 rings (SSSR count). The van der Waals surface area contributed by atoms with E-state index in [0.29, 0.717) is 23.6 Å². The van der Waals surface area contributed by atoms with Crippen LogP contribution in [0.25, 0.3) is 5.57 Å². The van der Waals surface area contributed by atoms with Crippen LogP contribution in [0.4, 0.5) is 5.69 Å². The fourth-order valence-electron chi connectivity index (χ4n) is 3.20.